The van der Waals surface area contributed by atoms with E-state index in [-0.39, 0.29) is 11.5 Å². The van der Waals surface area contributed by atoms with E-state index in [1.165, 1.54) is 0 Å². The molecule has 0 fully saturated rings. The average molecular weight is 240 g/mol. The summed E-state index contributed by atoms with van der Waals surface area (Å²) in [5.41, 5.74) is 0.712. The van der Waals surface area contributed by atoms with Crippen molar-refractivity contribution < 1.29 is 9.84 Å². The number of hydrogen-bond donors (Lipinski definition) is 1. The predicted octanol–water partition coefficient (Wildman–Crippen LogP) is 2.39. The molecule has 0 amide bonds. The monoisotopic (exact) mass is 240 g/mol. The van der Waals surface area contributed by atoms with Crippen LogP contribution in [0.3, 0.4) is 0 Å². The van der Waals surface area contributed by atoms with E-state index in [4.69, 9.17) is 4.74 Å². The zero-order chi connectivity index (χ0) is 13.1. The van der Waals surface area contributed by atoms with Crippen molar-refractivity contribution in [2.24, 2.45) is 5.41 Å². The Morgan fingerprint density at radius 2 is 2.06 bits per heavy atom. The van der Waals surface area contributed by atoms with Crippen molar-refractivity contribution in [1.82, 2.24) is 9.78 Å². The minimum atomic E-state index is -0.629. The van der Waals surface area contributed by atoms with Crippen LogP contribution in [-0.4, -0.2) is 27.6 Å². The normalized spacial score (nSPS) is 15.9. The molecule has 1 aromatic heterocycles. The first-order valence-electron chi connectivity index (χ1n) is 6.22. The van der Waals surface area contributed by atoms with Gasteiger partial charge in [-0.05, 0) is 19.3 Å². The summed E-state index contributed by atoms with van der Waals surface area (Å²) in [4.78, 5) is 0. The van der Waals surface area contributed by atoms with Gasteiger partial charge in [0.05, 0.1) is 12.3 Å². The summed E-state index contributed by atoms with van der Waals surface area (Å²) in [6.45, 7) is 11.6. The van der Waals surface area contributed by atoms with Gasteiger partial charge in [0.1, 0.15) is 6.10 Å². The van der Waals surface area contributed by atoms with Crippen molar-refractivity contribution in [2.75, 3.05) is 6.61 Å². The molecule has 17 heavy (non-hydrogen) atoms. The molecule has 4 nitrogen and oxygen atoms in total. The Morgan fingerprint density at radius 1 is 1.41 bits per heavy atom. The van der Waals surface area contributed by atoms with Gasteiger partial charge in [-0.3, -0.25) is 4.68 Å². The average Bonchev–Trinajstić information content (AvgIpc) is 2.71. The molecule has 0 aliphatic rings. The fraction of sp³-hybridized carbons (Fsp3) is 0.769. The van der Waals surface area contributed by atoms with Crippen LogP contribution in [0.4, 0.5) is 0 Å². The van der Waals surface area contributed by atoms with Gasteiger partial charge in [-0.2, -0.15) is 5.10 Å². The first-order chi connectivity index (χ1) is 7.90. The second kappa shape index (κ2) is 5.65. The number of ether oxygens (including phenoxy) is 1. The van der Waals surface area contributed by atoms with E-state index in [1.54, 1.807) is 6.20 Å². The van der Waals surface area contributed by atoms with Crippen LogP contribution >= 0.6 is 0 Å². The van der Waals surface area contributed by atoms with Crippen LogP contribution in [0.25, 0.3) is 0 Å². The number of aryl methyl sites for hydroxylation is 1. The van der Waals surface area contributed by atoms with Crippen molar-refractivity contribution in [2.45, 2.75) is 53.4 Å². The van der Waals surface area contributed by atoms with Crippen molar-refractivity contribution in [3.8, 4) is 0 Å². The maximum atomic E-state index is 10.4. The topological polar surface area (TPSA) is 47.3 Å². The molecule has 0 aromatic carbocycles. The van der Waals surface area contributed by atoms with Gasteiger partial charge >= 0.3 is 0 Å². The number of aliphatic hydroxyl groups is 1. The van der Waals surface area contributed by atoms with E-state index in [2.05, 4.69) is 25.9 Å². The summed E-state index contributed by atoms with van der Waals surface area (Å²) in [6.07, 6.45) is 2.74. The molecule has 98 valence electrons. The van der Waals surface area contributed by atoms with Gasteiger partial charge in [-0.25, -0.2) is 0 Å². The van der Waals surface area contributed by atoms with E-state index in [9.17, 15) is 5.11 Å². The second-order valence-corrected chi connectivity index (χ2v) is 5.32. The zero-order valence-corrected chi connectivity index (χ0v) is 11.5. The number of aromatic nitrogens is 2. The lowest BCUT2D eigenvalue weighted by atomic mass is 9.84. The van der Waals surface area contributed by atoms with Crippen LogP contribution in [-0.2, 0) is 11.3 Å². The third-order valence-electron chi connectivity index (χ3n) is 2.81. The maximum absolute atomic E-state index is 10.4. The number of rotatable bonds is 5. The molecule has 0 spiro atoms. The highest BCUT2D eigenvalue weighted by Gasteiger charge is 2.33. The van der Waals surface area contributed by atoms with Crippen molar-refractivity contribution >= 4 is 0 Å². The molecule has 1 N–H and O–H groups in total. The predicted molar refractivity (Wildman–Crippen MR) is 67.7 cm³/mol. The van der Waals surface area contributed by atoms with Crippen LogP contribution in [0, 0.1) is 5.41 Å². The fourth-order valence-corrected chi connectivity index (χ4v) is 1.87. The van der Waals surface area contributed by atoms with Gasteiger partial charge in [0.25, 0.3) is 0 Å². The summed E-state index contributed by atoms with van der Waals surface area (Å²) in [6, 6.07) is 0. The van der Waals surface area contributed by atoms with E-state index in [0.717, 1.165) is 12.1 Å². The van der Waals surface area contributed by atoms with E-state index in [1.807, 2.05) is 24.7 Å². The van der Waals surface area contributed by atoms with Crippen LogP contribution in [0.1, 0.15) is 46.3 Å². The lowest BCUT2D eigenvalue weighted by Crippen LogP contribution is -2.35. The van der Waals surface area contributed by atoms with Gasteiger partial charge in [-0.1, -0.05) is 20.8 Å². The Morgan fingerprint density at radius 3 is 2.47 bits per heavy atom. The third-order valence-corrected chi connectivity index (χ3v) is 2.81. The molecule has 0 radical (unpaired) electrons. The molecular weight excluding hydrogens is 216 g/mol. The first kappa shape index (κ1) is 14.2. The van der Waals surface area contributed by atoms with Crippen LogP contribution in [0.15, 0.2) is 12.4 Å². The summed E-state index contributed by atoms with van der Waals surface area (Å²) in [7, 11) is 0. The molecule has 0 saturated heterocycles. The Balaban J connectivity index is 2.87. The largest absolute Gasteiger partial charge is 0.386 e. The minimum absolute atomic E-state index is 0.107. The molecule has 0 aliphatic carbocycles. The van der Waals surface area contributed by atoms with E-state index in [0.29, 0.717) is 6.61 Å². The van der Waals surface area contributed by atoms with Gasteiger partial charge in [0, 0.05) is 24.9 Å². The molecule has 1 aromatic rings. The minimum Gasteiger partial charge on any atom is -0.386 e. The Kier molecular flexibility index (Phi) is 4.71. The zero-order valence-electron chi connectivity index (χ0n) is 11.5. The summed E-state index contributed by atoms with van der Waals surface area (Å²) in [5.74, 6) is 0. The molecular formula is C13H24N2O2. The van der Waals surface area contributed by atoms with E-state index >= 15 is 0 Å². The smallest absolute Gasteiger partial charge is 0.109 e. The van der Waals surface area contributed by atoms with Gasteiger partial charge in [-0.15, -0.1) is 0 Å². The summed E-state index contributed by atoms with van der Waals surface area (Å²) >= 11 is 0. The Hall–Kier alpha value is -0.870. The highest BCUT2D eigenvalue weighted by Crippen LogP contribution is 2.32. The lowest BCUT2D eigenvalue weighted by molar-refractivity contribution is -0.0899. The maximum Gasteiger partial charge on any atom is 0.109 e. The van der Waals surface area contributed by atoms with Gasteiger partial charge in [0.15, 0.2) is 0 Å². The highest BCUT2D eigenvalue weighted by molar-refractivity contribution is 5.11. The van der Waals surface area contributed by atoms with Crippen LogP contribution < -0.4 is 0 Å². The van der Waals surface area contributed by atoms with Crippen molar-refractivity contribution in [3.63, 3.8) is 0 Å². The molecule has 2 atom stereocenters. The molecule has 1 heterocycles. The molecule has 0 aliphatic heterocycles. The highest BCUT2D eigenvalue weighted by atomic mass is 16.5. The number of aliphatic hydroxyl groups excluding tert-OH is 1. The van der Waals surface area contributed by atoms with Crippen molar-refractivity contribution in [3.05, 3.63) is 18.0 Å². The van der Waals surface area contributed by atoms with Gasteiger partial charge < -0.3 is 9.84 Å². The van der Waals surface area contributed by atoms with Crippen LogP contribution in [0.5, 0.6) is 0 Å². The standard InChI is InChI=1S/C13H24N2O2/c1-6-15-9-10(8-14-15)11(16)12(17-7-2)13(3,4)5/h8-9,11-12,16H,6-7H2,1-5H3. The number of hydrogen-bond acceptors (Lipinski definition) is 3. The quantitative estimate of drug-likeness (QED) is 0.859. The molecule has 0 bridgehead atoms. The first-order valence-corrected chi connectivity index (χ1v) is 6.22. The molecule has 1 rings (SSSR count). The van der Waals surface area contributed by atoms with Crippen LogP contribution in [0.2, 0.25) is 0 Å². The molecule has 0 saturated carbocycles. The Labute approximate surface area is 104 Å². The summed E-state index contributed by atoms with van der Waals surface area (Å²) in [5, 5.41) is 14.6. The fourth-order valence-electron chi connectivity index (χ4n) is 1.87. The Bertz CT molecular complexity index is 341. The molecule has 4 heteroatoms. The third kappa shape index (κ3) is 3.54. The lowest BCUT2D eigenvalue weighted by Gasteiger charge is -2.33. The van der Waals surface area contributed by atoms with Crippen molar-refractivity contribution in [1.29, 1.82) is 0 Å². The SMILES string of the molecule is CCOC(C(O)c1cnn(CC)c1)C(C)(C)C. The second-order valence-electron chi connectivity index (χ2n) is 5.32. The summed E-state index contributed by atoms with van der Waals surface area (Å²) < 4.78 is 7.49. The molecule has 2 unspecified atom stereocenters. The number of nitrogens with zero attached hydrogens (tertiary/aromatic N) is 2. The van der Waals surface area contributed by atoms with Gasteiger partial charge in [0.2, 0.25) is 0 Å². The van der Waals surface area contributed by atoms with E-state index < -0.39 is 6.10 Å².